The van der Waals surface area contributed by atoms with Gasteiger partial charge in [0.2, 0.25) is 0 Å². The third kappa shape index (κ3) is 4.91. The lowest BCUT2D eigenvalue weighted by molar-refractivity contribution is -0.113. The first-order chi connectivity index (χ1) is 16.0. The minimum atomic E-state index is -0.412. The van der Waals surface area contributed by atoms with E-state index in [1.54, 1.807) is 49.6 Å². The molecule has 0 atom stereocenters. The lowest BCUT2D eigenvalue weighted by Crippen LogP contribution is -2.28. The number of ether oxygens (including phenoxy) is 3. The molecule has 0 N–H and O–H groups in total. The van der Waals surface area contributed by atoms with E-state index in [0.717, 1.165) is 22.2 Å². The minimum Gasteiger partial charge on any atom is -0.495 e. The van der Waals surface area contributed by atoms with Gasteiger partial charge in [0.05, 0.1) is 24.8 Å². The fourth-order valence-corrected chi connectivity index (χ4v) is 4.56. The molecule has 3 aromatic rings. The van der Waals surface area contributed by atoms with Gasteiger partial charge in [-0.25, -0.2) is 4.90 Å². The van der Waals surface area contributed by atoms with Crippen LogP contribution in [0, 0.1) is 0 Å². The standard InChI is InChI=1S/C25H20BrNO5S/c1-30-20-11-7-6-10-19(20)27-24(28)23(33-25(27)29)13-17-12-21(31-2)22(14-18(17)26)32-15-16-8-4-3-5-9-16/h3-14H,15H2,1-2H3/b23-13-. The summed E-state index contributed by atoms with van der Waals surface area (Å²) in [5, 5.41) is -0.387. The zero-order valence-electron chi connectivity index (χ0n) is 17.9. The summed E-state index contributed by atoms with van der Waals surface area (Å²) in [6.07, 6.45) is 1.66. The molecule has 33 heavy (non-hydrogen) atoms. The van der Waals surface area contributed by atoms with E-state index in [9.17, 15) is 9.59 Å². The predicted octanol–water partition coefficient (Wildman–Crippen LogP) is 6.29. The molecular formula is C25H20BrNO5S. The summed E-state index contributed by atoms with van der Waals surface area (Å²) in [6, 6.07) is 20.3. The highest BCUT2D eigenvalue weighted by Crippen LogP contribution is 2.41. The summed E-state index contributed by atoms with van der Waals surface area (Å²) >= 11 is 4.42. The van der Waals surface area contributed by atoms with E-state index < -0.39 is 5.91 Å². The highest BCUT2D eigenvalue weighted by Gasteiger charge is 2.37. The van der Waals surface area contributed by atoms with Gasteiger partial charge in [0.25, 0.3) is 11.1 Å². The van der Waals surface area contributed by atoms with Gasteiger partial charge in [-0.05, 0) is 53.2 Å². The Labute approximate surface area is 204 Å². The van der Waals surface area contributed by atoms with Crippen molar-refractivity contribution in [2.75, 3.05) is 19.1 Å². The molecule has 4 rings (SSSR count). The molecule has 0 radical (unpaired) electrons. The van der Waals surface area contributed by atoms with Crippen LogP contribution in [0.1, 0.15) is 11.1 Å². The maximum Gasteiger partial charge on any atom is 0.298 e. The number of imide groups is 1. The average molecular weight is 526 g/mol. The van der Waals surface area contributed by atoms with E-state index in [1.165, 1.54) is 7.11 Å². The van der Waals surface area contributed by atoms with Crippen LogP contribution in [0.4, 0.5) is 10.5 Å². The molecule has 1 heterocycles. The van der Waals surface area contributed by atoms with E-state index in [4.69, 9.17) is 14.2 Å². The van der Waals surface area contributed by atoms with Crippen LogP contribution in [0.5, 0.6) is 17.2 Å². The van der Waals surface area contributed by atoms with Gasteiger partial charge in [0, 0.05) is 4.47 Å². The Morgan fingerprint density at radius 1 is 0.909 bits per heavy atom. The number of amides is 2. The van der Waals surface area contributed by atoms with Crippen LogP contribution < -0.4 is 19.1 Å². The number of benzene rings is 3. The largest absolute Gasteiger partial charge is 0.495 e. The fraction of sp³-hybridized carbons (Fsp3) is 0.120. The molecule has 3 aromatic carbocycles. The van der Waals surface area contributed by atoms with Gasteiger partial charge >= 0.3 is 0 Å². The summed E-state index contributed by atoms with van der Waals surface area (Å²) in [6.45, 7) is 0.390. The van der Waals surface area contributed by atoms with Crippen LogP contribution in [0.2, 0.25) is 0 Å². The van der Waals surface area contributed by atoms with Crippen LogP contribution in [0.3, 0.4) is 0 Å². The number of hydrogen-bond donors (Lipinski definition) is 0. The Morgan fingerprint density at radius 2 is 1.61 bits per heavy atom. The lowest BCUT2D eigenvalue weighted by atomic mass is 10.1. The minimum absolute atomic E-state index is 0.298. The summed E-state index contributed by atoms with van der Waals surface area (Å²) in [7, 11) is 3.05. The molecule has 0 aromatic heterocycles. The van der Waals surface area contributed by atoms with Crippen molar-refractivity contribution in [3.05, 3.63) is 87.2 Å². The Morgan fingerprint density at radius 3 is 2.33 bits per heavy atom. The van der Waals surface area contributed by atoms with Crippen LogP contribution in [0.25, 0.3) is 6.08 Å². The molecule has 1 fully saturated rings. The van der Waals surface area contributed by atoms with Gasteiger partial charge in [-0.3, -0.25) is 9.59 Å². The molecule has 0 saturated carbocycles. The van der Waals surface area contributed by atoms with E-state index in [1.807, 2.05) is 30.3 Å². The number of hydrogen-bond acceptors (Lipinski definition) is 6. The topological polar surface area (TPSA) is 65.1 Å². The number of anilines is 1. The number of nitrogens with zero attached hydrogens (tertiary/aromatic N) is 1. The van der Waals surface area contributed by atoms with Crippen molar-refractivity contribution < 1.29 is 23.8 Å². The van der Waals surface area contributed by atoms with Crippen molar-refractivity contribution in [1.29, 1.82) is 0 Å². The zero-order valence-corrected chi connectivity index (χ0v) is 20.3. The maximum atomic E-state index is 13.1. The molecule has 1 aliphatic heterocycles. The molecule has 168 valence electrons. The summed E-state index contributed by atoms with van der Waals surface area (Å²) < 4.78 is 17.5. The van der Waals surface area contributed by atoms with Crippen LogP contribution in [0.15, 0.2) is 76.1 Å². The maximum absolute atomic E-state index is 13.1. The number of methoxy groups -OCH3 is 2. The Bertz CT molecular complexity index is 1230. The molecule has 6 nitrogen and oxygen atoms in total. The van der Waals surface area contributed by atoms with E-state index >= 15 is 0 Å². The molecule has 0 spiro atoms. The van der Waals surface area contributed by atoms with Crippen LogP contribution >= 0.6 is 27.7 Å². The molecular weight excluding hydrogens is 506 g/mol. The van der Waals surface area contributed by atoms with Gasteiger partial charge in [0.1, 0.15) is 12.4 Å². The summed E-state index contributed by atoms with van der Waals surface area (Å²) in [4.78, 5) is 27.1. The van der Waals surface area contributed by atoms with Crippen LogP contribution in [-0.2, 0) is 11.4 Å². The first-order valence-electron chi connectivity index (χ1n) is 9.97. The third-order valence-corrected chi connectivity index (χ3v) is 6.48. The van der Waals surface area contributed by atoms with Gasteiger partial charge in [0.15, 0.2) is 11.5 Å². The van der Waals surface area contributed by atoms with Crippen molar-refractivity contribution in [3.8, 4) is 17.2 Å². The highest BCUT2D eigenvalue weighted by atomic mass is 79.9. The van der Waals surface area contributed by atoms with Crippen molar-refractivity contribution in [2.45, 2.75) is 6.61 Å². The number of para-hydroxylation sites is 2. The second kappa shape index (κ2) is 10.1. The quantitative estimate of drug-likeness (QED) is 0.338. The van der Waals surface area contributed by atoms with E-state index in [0.29, 0.717) is 44.5 Å². The molecule has 1 saturated heterocycles. The molecule has 8 heteroatoms. The highest BCUT2D eigenvalue weighted by molar-refractivity contribution is 9.10. The van der Waals surface area contributed by atoms with Gasteiger partial charge < -0.3 is 14.2 Å². The van der Waals surface area contributed by atoms with Crippen molar-refractivity contribution in [1.82, 2.24) is 0 Å². The van der Waals surface area contributed by atoms with Crippen molar-refractivity contribution in [2.24, 2.45) is 0 Å². The van der Waals surface area contributed by atoms with E-state index in [-0.39, 0.29) is 5.24 Å². The summed E-state index contributed by atoms with van der Waals surface area (Å²) in [5.74, 6) is 1.12. The van der Waals surface area contributed by atoms with Gasteiger partial charge in [-0.15, -0.1) is 0 Å². The second-order valence-electron chi connectivity index (χ2n) is 6.99. The fourth-order valence-electron chi connectivity index (χ4n) is 3.30. The smallest absolute Gasteiger partial charge is 0.298 e. The van der Waals surface area contributed by atoms with Crippen molar-refractivity contribution >= 4 is 50.6 Å². The normalized spacial score (nSPS) is 14.6. The first-order valence-corrected chi connectivity index (χ1v) is 11.6. The van der Waals surface area contributed by atoms with Crippen molar-refractivity contribution in [3.63, 3.8) is 0 Å². The Balaban J connectivity index is 1.61. The van der Waals surface area contributed by atoms with Gasteiger partial charge in [-0.2, -0.15) is 0 Å². The average Bonchev–Trinajstić information content (AvgIpc) is 3.12. The number of thioether (sulfide) groups is 1. The van der Waals surface area contributed by atoms with Crippen LogP contribution in [-0.4, -0.2) is 25.4 Å². The number of carbonyl (C=O) groups is 2. The lowest BCUT2D eigenvalue weighted by Gasteiger charge is -2.15. The molecule has 0 bridgehead atoms. The first kappa shape index (κ1) is 22.9. The number of halogens is 1. The Kier molecular flexibility index (Phi) is 7.05. The number of rotatable bonds is 7. The molecule has 1 aliphatic rings. The SMILES string of the molecule is COc1cc(/C=C2\SC(=O)N(c3ccccc3OC)C2=O)c(Br)cc1OCc1ccccc1. The van der Waals surface area contributed by atoms with Gasteiger partial charge in [-0.1, -0.05) is 58.4 Å². The monoisotopic (exact) mass is 525 g/mol. The Hall–Kier alpha value is -3.23. The molecule has 0 aliphatic carbocycles. The number of carbonyl (C=O) groups excluding carboxylic acids is 2. The molecule has 2 amide bonds. The predicted molar refractivity (Wildman–Crippen MR) is 133 cm³/mol. The third-order valence-electron chi connectivity index (χ3n) is 4.93. The second-order valence-corrected chi connectivity index (χ2v) is 8.84. The molecule has 0 unspecified atom stereocenters. The summed E-state index contributed by atoms with van der Waals surface area (Å²) in [5.41, 5.74) is 2.13. The van der Waals surface area contributed by atoms with E-state index in [2.05, 4.69) is 15.9 Å². The zero-order chi connectivity index (χ0) is 23.4.